The molecule has 0 aliphatic carbocycles. The number of nitrogens with one attached hydrogen (secondary N) is 1. The first-order chi connectivity index (χ1) is 9.11. The maximum Gasteiger partial charge on any atom is 0.248 e. The van der Waals surface area contributed by atoms with E-state index in [-0.39, 0.29) is 17.9 Å². The number of rotatable bonds is 3. The number of benzene rings is 1. The minimum Gasteiger partial charge on any atom is -0.324 e. The Morgan fingerprint density at radius 3 is 2.68 bits per heavy atom. The van der Waals surface area contributed by atoms with Crippen molar-refractivity contribution in [2.75, 3.05) is 16.9 Å². The topological polar surface area (TPSA) is 49.4 Å². The van der Waals surface area contributed by atoms with Crippen molar-refractivity contribution in [3.63, 3.8) is 0 Å². The van der Waals surface area contributed by atoms with Gasteiger partial charge in [-0.05, 0) is 19.1 Å². The zero-order valence-corrected chi connectivity index (χ0v) is 12.0. The van der Waals surface area contributed by atoms with Gasteiger partial charge in [0, 0.05) is 17.9 Å². The molecule has 0 saturated carbocycles. The van der Waals surface area contributed by atoms with Gasteiger partial charge in [0.15, 0.2) is 0 Å². The molecule has 1 aromatic carbocycles. The summed E-state index contributed by atoms with van der Waals surface area (Å²) in [7, 11) is 0. The lowest BCUT2D eigenvalue weighted by Crippen LogP contribution is -2.44. The highest BCUT2D eigenvalue weighted by Crippen LogP contribution is 2.23. The van der Waals surface area contributed by atoms with Gasteiger partial charge in [0.25, 0.3) is 0 Å². The largest absolute Gasteiger partial charge is 0.324 e. The Kier molecular flexibility index (Phi) is 4.47. The summed E-state index contributed by atoms with van der Waals surface area (Å²) < 4.78 is 0. The van der Waals surface area contributed by atoms with Crippen LogP contribution >= 0.6 is 11.8 Å². The van der Waals surface area contributed by atoms with Crippen LogP contribution in [0, 0.1) is 6.92 Å². The van der Waals surface area contributed by atoms with Crippen LogP contribution in [0.15, 0.2) is 24.3 Å². The smallest absolute Gasteiger partial charge is 0.248 e. The van der Waals surface area contributed by atoms with Crippen LogP contribution in [-0.4, -0.2) is 34.4 Å². The predicted molar refractivity (Wildman–Crippen MR) is 78.1 cm³/mol. The number of hydrogen-bond donors (Lipinski definition) is 1. The van der Waals surface area contributed by atoms with Crippen molar-refractivity contribution >= 4 is 29.3 Å². The van der Waals surface area contributed by atoms with E-state index in [1.165, 1.54) is 0 Å². The summed E-state index contributed by atoms with van der Waals surface area (Å²) in [6.45, 7) is 3.82. The minimum absolute atomic E-state index is 0.0362. The highest BCUT2D eigenvalue weighted by molar-refractivity contribution is 7.99. The summed E-state index contributed by atoms with van der Waals surface area (Å²) in [5.74, 6) is 1.21. The zero-order chi connectivity index (χ0) is 13.8. The predicted octanol–water partition coefficient (Wildman–Crippen LogP) is 2.25. The molecular formula is C14H18N2O2S. The van der Waals surface area contributed by atoms with E-state index in [0.717, 1.165) is 11.3 Å². The fourth-order valence-electron chi connectivity index (χ4n) is 1.97. The Morgan fingerprint density at radius 1 is 1.37 bits per heavy atom. The molecule has 5 heteroatoms. The first-order valence-electron chi connectivity index (χ1n) is 6.36. The molecule has 1 saturated heterocycles. The molecule has 1 aliphatic rings. The van der Waals surface area contributed by atoms with Gasteiger partial charge in [0.1, 0.15) is 6.04 Å². The lowest BCUT2D eigenvalue weighted by molar-refractivity contribution is -0.135. The van der Waals surface area contributed by atoms with E-state index in [1.807, 2.05) is 38.1 Å². The molecule has 1 fully saturated rings. The quantitative estimate of drug-likeness (QED) is 0.922. The normalized spacial score (nSPS) is 18.4. The first kappa shape index (κ1) is 13.9. The number of amides is 2. The molecule has 1 aromatic rings. The summed E-state index contributed by atoms with van der Waals surface area (Å²) in [6, 6.07) is 7.31. The summed E-state index contributed by atoms with van der Waals surface area (Å²) in [5, 5.41) is 2.87. The number of hydrogen-bond acceptors (Lipinski definition) is 3. The maximum absolute atomic E-state index is 12.2. The highest BCUT2D eigenvalue weighted by Gasteiger charge is 2.33. The number of thioether (sulfide) groups is 1. The molecule has 4 nitrogen and oxygen atoms in total. The summed E-state index contributed by atoms with van der Waals surface area (Å²) in [5.41, 5.74) is 1.92. The molecule has 0 spiro atoms. The monoisotopic (exact) mass is 278 g/mol. The van der Waals surface area contributed by atoms with Crippen LogP contribution < -0.4 is 5.32 Å². The lowest BCUT2D eigenvalue weighted by atomic mass is 10.2. The standard InChI is InChI=1S/C14H18N2O2S/c1-3-13(17)16-9-19-8-12(16)14(18)15-11-6-4-10(2)5-7-11/h4-7,12H,3,8-9H2,1-2H3,(H,15,18). The second-order valence-electron chi connectivity index (χ2n) is 4.59. The van der Waals surface area contributed by atoms with Crippen molar-refractivity contribution in [1.82, 2.24) is 4.90 Å². The van der Waals surface area contributed by atoms with Crippen molar-refractivity contribution in [3.8, 4) is 0 Å². The van der Waals surface area contributed by atoms with Gasteiger partial charge >= 0.3 is 0 Å². The van der Waals surface area contributed by atoms with Crippen LogP contribution in [0.1, 0.15) is 18.9 Å². The van der Waals surface area contributed by atoms with Crippen LogP contribution in [-0.2, 0) is 9.59 Å². The second kappa shape index (κ2) is 6.10. The number of nitrogens with zero attached hydrogens (tertiary/aromatic N) is 1. The molecule has 1 N–H and O–H groups in total. The summed E-state index contributed by atoms with van der Waals surface area (Å²) in [4.78, 5) is 25.6. The molecule has 0 bridgehead atoms. The Morgan fingerprint density at radius 2 is 2.05 bits per heavy atom. The number of aryl methyl sites for hydroxylation is 1. The Hall–Kier alpha value is -1.49. The second-order valence-corrected chi connectivity index (χ2v) is 5.59. The third kappa shape index (κ3) is 3.29. The van der Waals surface area contributed by atoms with Crippen LogP contribution in [0.25, 0.3) is 0 Å². The van der Waals surface area contributed by atoms with Crippen LogP contribution in [0.5, 0.6) is 0 Å². The van der Waals surface area contributed by atoms with E-state index in [2.05, 4.69) is 5.32 Å². The van der Waals surface area contributed by atoms with Crippen LogP contribution in [0.3, 0.4) is 0 Å². The number of anilines is 1. The molecule has 1 heterocycles. The Bertz CT molecular complexity index is 473. The number of carbonyl (C=O) groups excluding carboxylic acids is 2. The van der Waals surface area contributed by atoms with E-state index in [9.17, 15) is 9.59 Å². The van der Waals surface area contributed by atoms with Crippen molar-refractivity contribution in [2.45, 2.75) is 26.3 Å². The Labute approximate surface area is 117 Å². The molecule has 19 heavy (non-hydrogen) atoms. The SMILES string of the molecule is CCC(=O)N1CSCC1C(=O)Nc1ccc(C)cc1. The first-order valence-corrected chi connectivity index (χ1v) is 7.52. The minimum atomic E-state index is -0.348. The molecule has 102 valence electrons. The van der Waals surface area contributed by atoms with E-state index in [1.54, 1.807) is 16.7 Å². The average molecular weight is 278 g/mol. The maximum atomic E-state index is 12.2. The highest BCUT2D eigenvalue weighted by atomic mass is 32.2. The van der Waals surface area contributed by atoms with Gasteiger partial charge in [-0.15, -0.1) is 11.8 Å². The third-order valence-corrected chi connectivity index (χ3v) is 4.14. The zero-order valence-electron chi connectivity index (χ0n) is 11.2. The third-order valence-electron chi connectivity index (χ3n) is 3.13. The van der Waals surface area contributed by atoms with Gasteiger partial charge in [-0.25, -0.2) is 0 Å². The van der Waals surface area contributed by atoms with Crippen molar-refractivity contribution in [2.24, 2.45) is 0 Å². The molecule has 2 amide bonds. The fraction of sp³-hybridized carbons (Fsp3) is 0.429. The van der Waals surface area contributed by atoms with Gasteiger partial charge < -0.3 is 10.2 Å². The van der Waals surface area contributed by atoms with Crippen molar-refractivity contribution < 1.29 is 9.59 Å². The van der Waals surface area contributed by atoms with Gasteiger partial charge in [-0.2, -0.15) is 0 Å². The van der Waals surface area contributed by atoms with E-state index >= 15 is 0 Å². The molecule has 0 aromatic heterocycles. The molecular weight excluding hydrogens is 260 g/mol. The van der Waals surface area contributed by atoms with Crippen LogP contribution in [0.2, 0.25) is 0 Å². The Balaban J connectivity index is 2.03. The number of carbonyl (C=O) groups is 2. The van der Waals surface area contributed by atoms with E-state index < -0.39 is 0 Å². The molecule has 1 unspecified atom stereocenters. The lowest BCUT2D eigenvalue weighted by Gasteiger charge is -2.22. The van der Waals surface area contributed by atoms with Crippen LogP contribution in [0.4, 0.5) is 5.69 Å². The van der Waals surface area contributed by atoms with Gasteiger partial charge in [0.05, 0.1) is 5.88 Å². The fourth-order valence-corrected chi connectivity index (χ4v) is 3.15. The van der Waals surface area contributed by atoms with Gasteiger partial charge in [-0.3, -0.25) is 9.59 Å². The van der Waals surface area contributed by atoms with Crippen molar-refractivity contribution in [3.05, 3.63) is 29.8 Å². The van der Waals surface area contributed by atoms with Gasteiger partial charge in [0.2, 0.25) is 11.8 Å². The molecule has 2 rings (SSSR count). The summed E-state index contributed by atoms with van der Waals surface area (Å²) in [6.07, 6.45) is 0.439. The average Bonchev–Trinajstić information content (AvgIpc) is 2.90. The summed E-state index contributed by atoms with van der Waals surface area (Å²) >= 11 is 1.62. The molecule has 1 atom stereocenters. The van der Waals surface area contributed by atoms with E-state index in [0.29, 0.717) is 18.1 Å². The van der Waals surface area contributed by atoms with Crippen molar-refractivity contribution in [1.29, 1.82) is 0 Å². The molecule has 0 radical (unpaired) electrons. The van der Waals surface area contributed by atoms with E-state index in [4.69, 9.17) is 0 Å². The molecule has 1 aliphatic heterocycles. The van der Waals surface area contributed by atoms with Gasteiger partial charge in [-0.1, -0.05) is 24.6 Å².